The number of esters is 2. The first-order chi connectivity index (χ1) is 22.2. The molecule has 1 atom stereocenters. The molecular formula is C35H32N2O8S. The number of carbonyl (C=O) groups is 2. The van der Waals surface area contributed by atoms with Crippen LogP contribution in [-0.4, -0.2) is 37.3 Å². The van der Waals surface area contributed by atoms with Crippen molar-refractivity contribution in [2.24, 2.45) is 4.99 Å². The van der Waals surface area contributed by atoms with E-state index in [1.165, 1.54) is 36.0 Å². The minimum absolute atomic E-state index is 0.0195. The summed E-state index contributed by atoms with van der Waals surface area (Å²) in [5.41, 5.74) is 2.48. The molecule has 5 rings (SSSR count). The molecule has 11 heteroatoms. The molecule has 1 aliphatic rings. The number of hydrogen-bond donors (Lipinski definition) is 0. The molecule has 0 saturated carbocycles. The molecule has 0 saturated heterocycles. The highest BCUT2D eigenvalue weighted by Gasteiger charge is 2.34. The van der Waals surface area contributed by atoms with Gasteiger partial charge in [-0.1, -0.05) is 66.5 Å². The fourth-order valence-corrected chi connectivity index (χ4v) is 6.03. The van der Waals surface area contributed by atoms with Crippen LogP contribution in [0.25, 0.3) is 6.08 Å². The molecule has 4 aromatic rings. The summed E-state index contributed by atoms with van der Waals surface area (Å²) in [6, 6.07) is 19.2. The molecule has 1 aromatic heterocycles. The van der Waals surface area contributed by atoms with E-state index in [1.54, 1.807) is 50.4 Å². The molecular weight excluding hydrogens is 608 g/mol. The van der Waals surface area contributed by atoms with Crippen molar-refractivity contribution in [3.8, 4) is 23.0 Å². The highest BCUT2D eigenvalue weighted by atomic mass is 32.1. The number of ether oxygens (including phenoxy) is 5. The van der Waals surface area contributed by atoms with Crippen molar-refractivity contribution < 1.29 is 33.3 Å². The summed E-state index contributed by atoms with van der Waals surface area (Å²) in [5.74, 6) is 0.376. The van der Waals surface area contributed by atoms with Crippen LogP contribution in [0.1, 0.15) is 36.6 Å². The van der Waals surface area contributed by atoms with Gasteiger partial charge in [-0.2, -0.15) is 0 Å². The predicted octanol–water partition coefficient (Wildman–Crippen LogP) is 4.49. The number of methoxy groups -OCH3 is 2. The van der Waals surface area contributed by atoms with Gasteiger partial charge in [0.2, 0.25) is 0 Å². The van der Waals surface area contributed by atoms with Crippen LogP contribution in [-0.2, 0) is 20.9 Å². The lowest BCUT2D eigenvalue weighted by atomic mass is 9.95. The van der Waals surface area contributed by atoms with Gasteiger partial charge < -0.3 is 23.7 Å². The number of nitrogens with zero attached hydrogens (tertiary/aromatic N) is 2. The quantitative estimate of drug-likeness (QED) is 0.134. The maximum Gasteiger partial charge on any atom is 0.338 e. The van der Waals surface area contributed by atoms with E-state index in [9.17, 15) is 14.4 Å². The van der Waals surface area contributed by atoms with E-state index in [1.807, 2.05) is 36.4 Å². The van der Waals surface area contributed by atoms with Crippen molar-refractivity contribution >= 4 is 29.4 Å². The summed E-state index contributed by atoms with van der Waals surface area (Å²) in [4.78, 5) is 44.1. The van der Waals surface area contributed by atoms with Crippen molar-refractivity contribution in [2.75, 3.05) is 20.8 Å². The summed E-state index contributed by atoms with van der Waals surface area (Å²) < 4.78 is 29.6. The normalized spacial score (nSPS) is 14.2. The number of hydrogen-bond acceptors (Lipinski definition) is 10. The Balaban J connectivity index is 1.58. The van der Waals surface area contributed by atoms with Crippen molar-refractivity contribution in [1.29, 1.82) is 0 Å². The molecule has 0 N–H and O–H groups in total. The van der Waals surface area contributed by atoms with Gasteiger partial charge in [-0.25, -0.2) is 9.79 Å². The van der Waals surface area contributed by atoms with Crippen molar-refractivity contribution in [3.05, 3.63) is 127 Å². The Bertz CT molecular complexity index is 2010. The fraction of sp³-hybridized carbons (Fsp3) is 0.200. The van der Waals surface area contributed by atoms with E-state index < -0.39 is 18.0 Å². The number of rotatable bonds is 11. The first kappa shape index (κ1) is 32.0. The zero-order valence-corrected chi connectivity index (χ0v) is 26.6. The SMILES string of the molecule is C=CCOC(=O)C1=C(C)N=c2s/c(=C\c3ccc(OCc4ccccc4)c(OC)c3)c(=O)n2C1c1ccc(OC(C)=O)c(OC)c1. The smallest absolute Gasteiger partial charge is 0.338 e. The van der Waals surface area contributed by atoms with Gasteiger partial charge >= 0.3 is 11.9 Å². The minimum Gasteiger partial charge on any atom is -0.493 e. The molecule has 236 valence electrons. The molecule has 0 fully saturated rings. The van der Waals surface area contributed by atoms with Gasteiger partial charge in [-0.15, -0.1) is 0 Å². The third-order valence-electron chi connectivity index (χ3n) is 7.05. The average molecular weight is 641 g/mol. The van der Waals surface area contributed by atoms with Crippen LogP contribution in [0.5, 0.6) is 23.0 Å². The highest BCUT2D eigenvalue weighted by molar-refractivity contribution is 7.07. The Morgan fingerprint density at radius 3 is 2.39 bits per heavy atom. The molecule has 3 aromatic carbocycles. The van der Waals surface area contributed by atoms with Crippen LogP contribution in [0.3, 0.4) is 0 Å². The third-order valence-corrected chi connectivity index (χ3v) is 8.04. The van der Waals surface area contributed by atoms with E-state index in [2.05, 4.69) is 11.6 Å². The number of carbonyl (C=O) groups excluding carboxylic acids is 2. The molecule has 0 amide bonds. The number of thiazole rings is 1. The summed E-state index contributed by atoms with van der Waals surface area (Å²) in [6.45, 7) is 6.95. The maximum atomic E-state index is 14.1. The highest BCUT2D eigenvalue weighted by Crippen LogP contribution is 2.36. The number of aromatic nitrogens is 1. The second-order valence-electron chi connectivity index (χ2n) is 10.2. The summed E-state index contributed by atoms with van der Waals surface area (Å²) >= 11 is 1.19. The standard InChI is InChI=1S/C35H32N2O8S/c1-6-16-43-34(40)31-21(2)36-35-37(32(31)25-13-15-27(45-22(3)38)29(19-25)42-5)33(39)30(46-35)18-24-12-14-26(28(17-24)41-4)44-20-23-10-8-7-9-11-23/h6-15,17-19,32H,1,16,20H2,2-5H3/b30-18-. The monoisotopic (exact) mass is 640 g/mol. The van der Waals surface area contributed by atoms with E-state index in [0.29, 0.717) is 44.3 Å². The van der Waals surface area contributed by atoms with E-state index in [0.717, 1.165) is 5.56 Å². The lowest BCUT2D eigenvalue weighted by Crippen LogP contribution is -2.40. The Kier molecular flexibility index (Phi) is 9.82. The summed E-state index contributed by atoms with van der Waals surface area (Å²) in [6.07, 6.45) is 3.20. The number of allylic oxidation sites excluding steroid dienone is 1. The zero-order chi connectivity index (χ0) is 32.8. The van der Waals surface area contributed by atoms with Crippen LogP contribution < -0.4 is 33.8 Å². The molecule has 10 nitrogen and oxygen atoms in total. The Morgan fingerprint density at radius 1 is 0.978 bits per heavy atom. The Morgan fingerprint density at radius 2 is 1.70 bits per heavy atom. The topological polar surface area (TPSA) is 115 Å². The predicted molar refractivity (Wildman–Crippen MR) is 173 cm³/mol. The minimum atomic E-state index is -0.903. The third kappa shape index (κ3) is 6.79. The molecule has 1 unspecified atom stereocenters. The van der Waals surface area contributed by atoms with Crippen LogP contribution in [0.4, 0.5) is 0 Å². The first-order valence-electron chi connectivity index (χ1n) is 14.3. The summed E-state index contributed by atoms with van der Waals surface area (Å²) in [7, 11) is 2.99. The lowest BCUT2D eigenvalue weighted by molar-refractivity contribution is -0.138. The van der Waals surface area contributed by atoms with E-state index in [4.69, 9.17) is 23.7 Å². The Labute approximate surface area is 269 Å². The molecule has 0 bridgehead atoms. The average Bonchev–Trinajstić information content (AvgIpc) is 3.36. The molecule has 0 spiro atoms. The van der Waals surface area contributed by atoms with Crippen LogP contribution in [0.15, 0.2) is 100 Å². The molecule has 0 radical (unpaired) electrons. The second kappa shape index (κ2) is 14.1. The van der Waals surface area contributed by atoms with Crippen LogP contribution in [0.2, 0.25) is 0 Å². The van der Waals surface area contributed by atoms with Gasteiger partial charge in [0.25, 0.3) is 5.56 Å². The van der Waals surface area contributed by atoms with E-state index in [-0.39, 0.29) is 29.2 Å². The van der Waals surface area contributed by atoms with Gasteiger partial charge in [0.1, 0.15) is 13.2 Å². The van der Waals surface area contributed by atoms with Gasteiger partial charge in [0.15, 0.2) is 27.8 Å². The first-order valence-corrected chi connectivity index (χ1v) is 15.1. The second-order valence-corrected chi connectivity index (χ2v) is 11.2. The molecule has 2 heterocycles. The van der Waals surface area contributed by atoms with Gasteiger partial charge in [-0.3, -0.25) is 14.2 Å². The van der Waals surface area contributed by atoms with Crippen LogP contribution >= 0.6 is 11.3 Å². The van der Waals surface area contributed by atoms with Crippen molar-refractivity contribution in [3.63, 3.8) is 0 Å². The Hall–Kier alpha value is -5.42. The molecule has 1 aliphatic heterocycles. The van der Waals surface area contributed by atoms with E-state index >= 15 is 0 Å². The number of fused-ring (bicyclic) bond motifs is 1. The van der Waals surface area contributed by atoms with Gasteiger partial charge in [-0.05, 0) is 54.0 Å². The maximum absolute atomic E-state index is 14.1. The summed E-state index contributed by atoms with van der Waals surface area (Å²) in [5, 5.41) is 0. The molecule has 46 heavy (non-hydrogen) atoms. The number of benzene rings is 3. The van der Waals surface area contributed by atoms with Crippen molar-refractivity contribution in [2.45, 2.75) is 26.5 Å². The lowest BCUT2D eigenvalue weighted by Gasteiger charge is -2.25. The van der Waals surface area contributed by atoms with Crippen LogP contribution in [0, 0.1) is 0 Å². The zero-order valence-electron chi connectivity index (χ0n) is 25.8. The largest absolute Gasteiger partial charge is 0.493 e. The molecule has 0 aliphatic carbocycles. The van der Waals surface area contributed by atoms with Crippen molar-refractivity contribution in [1.82, 2.24) is 4.57 Å². The van der Waals surface area contributed by atoms with Gasteiger partial charge in [0.05, 0.1) is 36.1 Å². The van der Waals surface area contributed by atoms with Gasteiger partial charge in [0, 0.05) is 6.92 Å². The fourth-order valence-electron chi connectivity index (χ4n) is 4.98.